The first kappa shape index (κ1) is 14.6. The molecule has 0 heterocycles. The zero-order chi connectivity index (χ0) is 14.5. The van der Waals surface area contributed by atoms with Crippen molar-refractivity contribution in [3.8, 4) is 0 Å². The minimum atomic E-state index is -0.189. The molecule has 0 aliphatic carbocycles. The number of rotatable bonds is 3. The van der Waals surface area contributed by atoms with Crippen LogP contribution in [0.1, 0.15) is 11.1 Å². The molecule has 0 aliphatic heterocycles. The third-order valence-corrected chi connectivity index (χ3v) is 3.51. The van der Waals surface area contributed by atoms with Crippen LogP contribution in [0, 0.1) is 6.92 Å². The van der Waals surface area contributed by atoms with Gasteiger partial charge in [0.25, 0.3) is 0 Å². The summed E-state index contributed by atoms with van der Waals surface area (Å²) in [5.41, 5.74) is 2.64. The van der Waals surface area contributed by atoms with E-state index in [-0.39, 0.29) is 5.91 Å². The van der Waals surface area contributed by atoms with Gasteiger partial charge in [0, 0.05) is 11.8 Å². The van der Waals surface area contributed by atoms with Crippen LogP contribution in [0.5, 0.6) is 0 Å². The van der Waals surface area contributed by atoms with Gasteiger partial charge in [-0.05, 0) is 42.3 Å². The molecule has 2 aromatic rings. The molecule has 0 saturated heterocycles. The van der Waals surface area contributed by atoms with Crippen LogP contribution in [0.4, 0.5) is 5.69 Å². The van der Waals surface area contributed by atoms with Gasteiger partial charge >= 0.3 is 0 Å². The third-order valence-electron chi connectivity index (χ3n) is 2.77. The number of carbonyl (C=O) groups excluding carboxylic acids is 1. The Kier molecular flexibility index (Phi) is 4.83. The number of para-hydroxylation sites is 1. The molecular weight excluding hydrogens is 293 g/mol. The Bertz CT molecular complexity index is 665. The highest BCUT2D eigenvalue weighted by Gasteiger charge is 2.01. The fourth-order valence-electron chi connectivity index (χ4n) is 1.68. The Hall–Kier alpha value is -1.77. The standard InChI is InChI=1S/C16H13Cl2NO/c1-11-4-2-3-5-15(11)19-16(20)9-7-12-6-8-13(17)14(18)10-12/h2-10H,1H3,(H,19,20)/b9-7+. The van der Waals surface area contributed by atoms with Crippen molar-refractivity contribution >= 4 is 40.9 Å². The molecule has 102 valence electrons. The van der Waals surface area contributed by atoms with E-state index in [1.54, 1.807) is 24.3 Å². The minimum Gasteiger partial charge on any atom is -0.322 e. The van der Waals surface area contributed by atoms with Gasteiger partial charge < -0.3 is 5.32 Å². The number of nitrogens with one attached hydrogen (secondary N) is 1. The van der Waals surface area contributed by atoms with E-state index < -0.39 is 0 Å². The topological polar surface area (TPSA) is 29.1 Å². The summed E-state index contributed by atoms with van der Waals surface area (Å²) in [4.78, 5) is 11.8. The van der Waals surface area contributed by atoms with E-state index in [4.69, 9.17) is 23.2 Å². The maximum absolute atomic E-state index is 11.8. The highest BCUT2D eigenvalue weighted by molar-refractivity contribution is 6.42. The van der Waals surface area contributed by atoms with Gasteiger partial charge in [-0.2, -0.15) is 0 Å². The van der Waals surface area contributed by atoms with Crippen molar-refractivity contribution in [2.45, 2.75) is 6.92 Å². The summed E-state index contributed by atoms with van der Waals surface area (Å²) in [5, 5.41) is 3.78. The van der Waals surface area contributed by atoms with E-state index in [0.717, 1.165) is 16.8 Å². The molecule has 0 unspecified atom stereocenters. The fourth-order valence-corrected chi connectivity index (χ4v) is 1.98. The lowest BCUT2D eigenvalue weighted by Gasteiger charge is -2.05. The van der Waals surface area contributed by atoms with Gasteiger partial charge in [0.2, 0.25) is 5.91 Å². The number of halogens is 2. The summed E-state index contributed by atoms with van der Waals surface area (Å²) < 4.78 is 0. The Morgan fingerprint density at radius 1 is 1.10 bits per heavy atom. The molecule has 2 rings (SSSR count). The molecule has 0 spiro atoms. The van der Waals surface area contributed by atoms with Gasteiger partial charge in [0.15, 0.2) is 0 Å². The number of carbonyl (C=O) groups is 1. The number of aryl methyl sites for hydroxylation is 1. The van der Waals surface area contributed by atoms with Gasteiger partial charge in [-0.1, -0.05) is 47.5 Å². The molecule has 0 radical (unpaired) electrons. The predicted octanol–water partition coefficient (Wildman–Crippen LogP) is 4.95. The van der Waals surface area contributed by atoms with Crippen molar-refractivity contribution in [1.29, 1.82) is 0 Å². The number of hydrogen-bond acceptors (Lipinski definition) is 1. The Balaban J connectivity index is 2.06. The molecule has 0 aliphatic rings. The number of amides is 1. The number of benzene rings is 2. The van der Waals surface area contributed by atoms with Crippen LogP contribution in [0.2, 0.25) is 10.0 Å². The Labute approximate surface area is 128 Å². The average molecular weight is 306 g/mol. The second-order valence-corrected chi connectivity index (χ2v) is 5.13. The summed E-state index contributed by atoms with van der Waals surface area (Å²) in [6.07, 6.45) is 3.15. The molecule has 20 heavy (non-hydrogen) atoms. The van der Waals surface area contributed by atoms with Crippen LogP contribution in [0.25, 0.3) is 6.08 Å². The fraction of sp³-hybridized carbons (Fsp3) is 0.0625. The first-order chi connectivity index (χ1) is 9.56. The van der Waals surface area contributed by atoms with Crippen LogP contribution >= 0.6 is 23.2 Å². The van der Waals surface area contributed by atoms with E-state index in [9.17, 15) is 4.79 Å². The summed E-state index contributed by atoms with van der Waals surface area (Å²) in [5.74, 6) is -0.189. The quantitative estimate of drug-likeness (QED) is 0.798. The van der Waals surface area contributed by atoms with Crippen LogP contribution in [-0.2, 0) is 4.79 Å². The van der Waals surface area contributed by atoms with E-state index in [1.807, 2.05) is 31.2 Å². The predicted molar refractivity (Wildman–Crippen MR) is 85.3 cm³/mol. The SMILES string of the molecule is Cc1ccccc1NC(=O)/C=C/c1ccc(Cl)c(Cl)c1. The smallest absolute Gasteiger partial charge is 0.248 e. The van der Waals surface area contributed by atoms with Crippen molar-refractivity contribution in [3.63, 3.8) is 0 Å². The van der Waals surface area contributed by atoms with Crippen LogP contribution < -0.4 is 5.32 Å². The highest BCUT2D eigenvalue weighted by atomic mass is 35.5. The van der Waals surface area contributed by atoms with Gasteiger partial charge in [-0.3, -0.25) is 4.79 Å². The van der Waals surface area contributed by atoms with Gasteiger partial charge in [0.1, 0.15) is 0 Å². The van der Waals surface area contributed by atoms with E-state index in [1.165, 1.54) is 6.08 Å². The molecule has 4 heteroatoms. The van der Waals surface area contributed by atoms with Crippen LogP contribution in [0.15, 0.2) is 48.5 Å². The molecule has 0 atom stereocenters. The van der Waals surface area contributed by atoms with E-state index in [0.29, 0.717) is 10.0 Å². The summed E-state index contributed by atoms with van der Waals surface area (Å²) >= 11 is 11.7. The molecule has 2 nitrogen and oxygen atoms in total. The molecule has 0 aromatic heterocycles. The molecule has 0 fully saturated rings. The lowest BCUT2D eigenvalue weighted by molar-refractivity contribution is -0.111. The molecule has 1 amide bonds. The highest BCUT2D eigenvalue weighted by Crippen LogP contribution is 2.23. The second-order valence-electron chi connectivity index (χ2n) is 4.31. The van der Waals surface area contributed by atoms with Crippen molar-refractivity contribution in [3.05, 3.63) is 69.7 Å². The van der Waals surface area contributed by atoms with Crippen LogP contribution in [-0.4, -0.2) is 5.91 Å². The van der Waals surface area contributed by atoms with E-state index in [2.05, 4.69) is 5.32 Å². The number of anilines is 1. The maximum atomic E-state index is 11.8. The molecule has 1 N–H and O–H groups in total. The zero-order valence-corrected chi connectivity index (χ0v) is 12.4. The summed E-state index contributed by atoms with van der Waals surface area (Å²) in [7, 11) is 0. The molecule has 2 aromatic carbocycles. The van der Waals surface area contributed by atoms with Gasteiger partial charge in [-0.15, -0.1) is 0 Å². The summed E-state index contributed by atoms with van der Waals surface area (Å²) in [6, 6.07) is 12.8. The Morgan fingerprint density at radius 3 is 2.55 bits per heavy atom. The molecule has 0 saturated carbocycles. The first-order valence-corrected chi connectivity index (χ1v) is 6.81. The third kappa shape index (κ3) is 3.86. The monoisotopic (exact) mass is 305 g/mol. The first-order valence-electron chi connectivity index (χ1n) is 6.06. The van der Waals surface area contributed by atoms with Crippen molar-refractivity contribution in [1.82, 2.24) is 0 Å². The molecular formula is C16H13Cl2NO. The minimum absolute atomic E-state index is 0.189. The number of hydrogen-bond donors (Lipinski definition) is 1. The van der Waals surface area contributed by atoms with Crippen LogP contribution in [0.3, 0.4) is 0 Å². The van der Waals surface area contributed by atoms with Gasteiger partial charge in [-0.25, -0.2) is 0 Å². The largest absolute Gasteiger partial charge is 0.322 e. The summed E-state index contributed by atoms with van der Waals surface area (Å²) in [6.45, 7) is 1.94. The lowest BCUT2D eigenvalue weighted by Crippen LogP contribution is -2.08. The zero-order valence-electron chi connectivity index (χ0n) is 10.9. The normalized spacial score (nSPS) is 10.8. The maximum Gasteiger partial charge on any atom is 0.248 e. The average Bonchev–Trinajstić information content (AvgIpc) is 2.43. The van der Waals surface area contributed by atoms with Crippen molar-refractivity contribution in [2.24, 2.45) is 0 Å². The second kappa shape index (κ2) is 6.60. The lowest BCUT2D eigenvalue weighted by atomic mass is 10.2. The molecule has 0 bridgehead atoms. The van der Waals surface area contributed by atoms with E-state index >= 15 is 0 Å². The van der Waals surface area contributed by atoms with Gasteiger partial charge in [0.05, 0.1) is 10.0 Å². The van der Waals surface area contributed by atoms with Crippen molar-refractivity contribution < 1.29 is 4.79 Å². The Morgan fingerprint density at radius 2 is 1.85 bits per heavy atom. The van der Waals surface area contributed by atoms with Crippen molar-refractivity contribution in [2.75, 3.05) is 5.32 Å².